The number of methoxy groups -OCH3 is 1. The fraction of sp³-hybridized carbons (Fsp3) is 0.818. The Hall–Kier alpha value is -1.14. The minimum atomic E-state index is -0.519. The summed E-state index contributed by atoms with van der Waals surface area (Å²) in [4.78, 5) is 22.9. The molecule has 1 unspecified atom stereocenters. The molecule has 0 aliphatic carbocycles. The van der Waals surface area contributed by atoms with Gasteiger partial charge in [0.1, 0.15) is 6.04 Å². The highest BCUT2D eigenvalue weighted by atomic mass is 16.5. The van der Waals surface area contributed by atoms with E-state index in [0.29, 0.717) is 13.2 Å². The summed E-state index contributed by atoms with van der Waals surface area (Å²) < 4.78 is 4.83. The molecule has 0 rings (SSSR count). The molecule has 0 heterocycles. The van der Waals surface area contributed by atoms with Crippen LogP contribution in [0.2, 0.25) is 0 Å². The van der Waals surface area contributed by atoms with Crippen LogP contribution in [-0.4, -0.2) is 50.7 Å². The van der Waals surface area contributed by atoms with Gasteiger partial charge in [-0.15, -0.1) is 0 Å². The number of carbonyl (C=O) groups excluding carboxylic acids is 2. The summed E-state index contributed by atoms with van der Waals surface area (Å²) in [6, 6.07) is -0.448. The van der Waals surface area contributed by atoms with Crippen molar-refractivity contribution in [1.29, 1.82) is 0 Å². The summed E-state index contributed by atoms with van der Waals surface area (Å²) in [5.41, 5.74) is 0. The predicted molar refractivity (Wildman–Crippen MR) is 65.6 cm³/mol. The summed E-state index contributed by atoms with van der Waals surface area (Å²) in [5.74, 6) is -0.377. The number of hydrogen-bond donors (Lipinski definition) is 3. The number of hydrogen-bond acceptors (Lipinski definition) is 4. The van der Waals surface area contributed by atoms with Gasteiger partial charge >= 0.3 is 0 Å². The molecule has 0 aromatic rings. The van der Waals surface area contributed by atoms with Crippen molar-refractivity contribution in [3.8, 4) is 0 Å². The van der Waals surface area contributed by atoms with Crippen LogP contribution in [0.25, 0.3) is 0 Å². The molecule has 6 nitrogen and oxygen atoms in total. The normalized spacial score (nSPS) is 12.3. The third kappa shape index (κ3) is 8.65. The second-order valence-electron chi connectivity index (χ2n) is 4.12. The standard InChI is InChI=1S/C11H23N3O3/c1-8(2)13-11(16)9(3)14-10(15)7-12-5-6-17-4/h8-9,12H,5-7H2,1-4H3,(H,13,16)(H,14,15). The number of amides is 2. The van der Waals surface area contributed by atoms with E-state index < -0.39 is 6.04 Å². The Morgan fingerprint density at radius 2 is 1.82 bits per heavy atom. The third-order valence-electron chi connectivity index (χ3n) is 1.97. The maximum absolute atomic E-state index is 11.5. The van der Waals surface area contributed by atoms with Crippen molar-refractivity contribution in [3.05, 3.63) is 0 Å². The van der Waals surface area contributed by atoms with Crippen molar-refractivity contribution in [2.75, 3.05) is 26.8 Å². The van der Waals surface area contributed by atoms with Crippen LogP contribution in [0.4, 0.5) is 0 Å². The second-order valence-corrected chi connectivity index (χ2v) is 4.12. The zero-order chi connectivity index (χ0) is 13.3. The Morgan fingerprint density at radius 3 is 2.35 bits per heavy atom. The lowest BCUT2D eigenvalue weighted by Crippen LogP contribution is -2.48. The zero-order valence-corrected chi connectivity index (χ0v) is 11.0. The molecule has 6 heteroatoms. The van der Waals surface area contributed by atoms with Crippen LogP contribution in [0.3, 0.4) is 0 Å². The molecule has 0 aliphatic heterocycles. The van der Waals surface area contributed by atoms with Crippen molar-refractivity contribution >= 4 is 11.8 Å². The molecule has 0 saturated heterocycles. The molecule has 0 aliphatic rings. The van der Waals surface area contributed by atoms with E-state index in [2.05, 4.69) is 16.0 Å². The molecule has 0 aromatic carbocycles. The number of ether oxygens (including phenoxy) is 1. The van der Waals surface area contributed by atoms with Crippen molar-refractivity contribution in [2.45, 2.75) is 32.9 Å². The van der Waals surface area contributed by atoms with Gasteiger partial charge in [-0.3, -0.25) is 9.59 Å². The fourth-order valence-corrected chi connectivity index (χ4v) is 1.14. The average molecular weight is 245 g/mol. The summed E-state index contributed by atoms with van der Waals surface area (Å²) in [6.45, 7) is 6.75. The summed E-state index contributed by atoms with van der Waals surface area (Å²) in [5, 5.41) is 8.24. The van der Waals surface area contributed by atoms with Gasteiger partial charge in [-0.1, -0.05) is 0 Å². The molecule has 17 heavy (non-hydrogen) atoms. The van der Waals surface area contributed by atoms with E-state index in [1.807, 2.05) is 13.8 Å². The SMILES string of the molecule is COCCNCC(=O)NC(C)C(=O)NC(C)C. The van der Waals surface area contributed by atoms with Crippen LogP contribution >= 0.6 is 0 Å². The molecule has 3 N–H and O–H groups in total. The van der Waals surface area contributed by atoms with Gasteiger partial charge in [0.25, 0.3) is 0 Å². The van der Waals surface area contributed by atoms with Crippen LogP contribution in [0.5, 0.6) is 0 Å². The molecular formula is C11H23N3O3. The minimum absolute atomic E-state index is 0.0710. The van der Waals surface area contributed by atoms with Gasteiger partial charge in [0.15, 0.2) is 0 Å². The Kier molecular flexibility index (Phi) is 8.35. The van der Waals surface area contributed by atoms with E-state index in [0.717, 1.165) is 0 Å². The van der Waals surface area contributed by atoms with Gasteiger partial charge in [0.2, 0.25) is 11.8 Å². The quantitative estimate of drug-likeness (QED) is 0.492. The number of nitrogens with one attached hydrogen (secondary N) is 3. The first kappa shape index (κ1) is 15.9. The largest absolute Gasteiger partial charge is 0.383 e. The lowest BCUT2D eigenvalue weighted by molar-refractivity contribution is -0.128. The summed E-state index contributed by atoms with van der Waals surface area (Å²) in [7, 11) is 1.60. The Labute approximate surface area is 102 Å². The first-order chi connectivity index (χ1) is 7.97. The molecule has 0 saturated carbocycles. The highest BCUT2D eigenvalue weighted by Crippen LogP contribution is 1.85. The van der Waals surface area contributed by atoms with Gasteiger partial charge < -0.3 is 20.7 Å². The van der Waals surface area contributed by atoms with E-state index in [9.17, 15) is 9.59 Å². The molecule has 100 valence electrons. The van der Waals surface area contributed by atoms with E-state index in [4.69, 9.17) is 4.74 Å². The topological polar surface area (TPSA) is 79.5 Å². The van der Waals surface area contributed by atoms with Crippen LogP contribution in [0.1, 0.15) is 20.8 Å². The van der Waals surface area contributed by atoms with Gasteiger partial charge in [-0.2, -0.15) is 0 Å². The number of rotatable bonds is 8. The van der Waals surface area contributed by atoms with Crippen molar-refractivity contribution < 1.29 is 14.3 Å². The summed E-state index contributed by atoms with van der Waals surface area (Å²) >= 11 is 0. The zero-order valence-electron chi connectivity index (χ0n) is 11.0. The lowest BCUT2D eigenvalue weighted by atomic mass is 10.3. The van der Waals surface area contributed by atoms with Gasteiger partial charge in [0, 0.05) is 19.7 Å². The molecule has 1 atom stereocenters. The Morgan fingerprint density at radius 1 is 1.18 bits per heavy atom. The van der Waals surface area contributed by atoms with E-state index in [1.54, 1.807) is 14.0 Å². The first-order valence-corrected chi connectivity index (χ1v) is 5.76. The van der Waals surface area contributed by atoms with Gasteiger partial charge in [0.05, 0.1) is 13.2 Å². The summed E-state index contributed by atoms with van der Waals surface area (Å²) in [6.07, 6.45) is 0. The molecule has 0 fully saturated rings. The fourth-order valence-electron chi connectivity index (χ4n) is 1.14. The third-order valence-corrected chi connectivity index (χ3v) is 1.97. The minimum Gasteiger partial charge on any atom is -0.383 e. The maximum atomic E-state index is 11.5. The molecule has 0 spiro atoms. The van der Waals surface area contributed by atoms with Gasteiger partial charge in [-0.25, -0.2) is 0 Å². The smallest absolute Gasteiger partial charge is 0.242 e. The van der Waals surface area contributed by atoms with Crippen LogP contribution in [0.15, 0.2) is 0 Å². The average Bonchev–Trinajstić information content (AvgIpc) is 2.23. The number of carbonyl (C=O) groups is 2. The van der Waals surface area contributed by atoms with E-state index >= 15 is 0 Å². The monoisotopic (exact) mass is 245 g/mol. The second kappa shape index (κ2) is 8.95. The Balaban J connectivity index is 3.75. The maximum Gasteiger partial charge on any atom is 0.242 e. The lowest BCUT2D eigenvalue weighted by Gasteiger charge is -2.16. The van der Waals surface area contributed by atoms with E-state index in [-0.39, 0.29) is 24.4 Å². The van der Waals surface area contributed by atoms with Gasteiger partial charge in [-0.05, 0) is 20.8 Å². The van der Waals surface area contributed by atoms with Crippen molar-refractivity contribution in [1.82, 2.24) is 16.0 Å². The van der Waals surface area contributed by atoms with Crippen LogP contribution < -0.4 is 16.0 Å². The van der Waals surface area contributed by atoms with Crippen LogP contribution in [-0.2, 0) is 14.3 Å². The molecule has 2 amide bonds. The molecule has 0 aromatic heterocycles. The first-order valence-electron chi connectivity index (χ1n) is 5.76. The Bertz CT molecular complexity index is 244. The molecule has 0 bridgehead atoms. The highest BCUT2D eigenvalue weighted by molar-refractivity contribution is 5.88. The molecular weight excluding hydrogens is 222 g/mol. The van der Waals surface area contributed by atoms with E-state index in [1.165, 1.54) is 0 Å². The van der Waals surface area contributed by atoms with Crippen molar-refractivity contribution in [2.24, 2.45) is 0 Å². The predicted octanol–water partition coefficient (Wildman–Crippen LogP) is -0.748. The van der Waals surface area contributed by atoms with Crippen molar-refractivity contribution in [3.63, 3.8) is 0 Å². The molecule has 0 radical (unpaired) electrons. The van der Waals surface area contributed by atoms with Crippen LogP contribution in [0, 0.1) is 0 Å². The highest BCUT2D eigenvalue weighted by Gasteiger charge is 2.15.